The van der Waals surface area contributed by atoms with Gasteiger partial charge >= 0.3 is 0 Å². The second-order valence-corrected chi connectivity index (χ2v) is 9.56. The SMILES string of the molecule is Nc1cc(Sc2ccc3nc(N4CCC5(CCOC5)CC4)cnc3n2)c(Cl)c(Cl)n1. The van der Waals surface area contributed by atoms with E-state index in [0.717, 1.165) is 55.5 Å². The molecule has 10 heteroatoms. The standard InChI is InChI=1S/C20H20Cl2N6OS/c21-17-13(9-14(23)26-18(17)22)30-16-2-1-12-19(27-16)24-10-15(25-12)28-6-3-20(4-7-28)5-8-29-11-20/h1-2,9-10H,3-8,11H2,(H2,23,26). The van der Waals surface area contributed by atoms with Crippen LogP contribution in [0.5, 0.6) is 0 Å². The maximum absolute atomic E-state index is 6.25. The van der Waals surface area contributed by atoms with Crippen molar-refractivity contribution < 1.29 is 4.74 Å². The minimum Gasteiger partial charge on any atom is -0.384 e. The van der Waals surface area contributed by atoms with Crippen LogP contribution in [0.15, 0.2) is 34.3 Å². The molecule has 156 valence electrons. The summed E-state index contributed by atoms with van der Waals surface area (Å²) in [5.74, 6) is 1.21. The molecule has 0 radical (unpaired) electrons. The lowest BCUT2D eigenvalue weighted by Gasteiger charge is -2.38. The maximum atomic E-state index is 6.25. The number of nitrogen functional groups attached to an aromatic ring is 1. The summed E-state index contributed by atoms with van der Waals surface area (Å²) < 4.78 is 5.63. The average Bonchev–Trinajstić information content (AvgIpc) is 3.20. The average molecular weight is 463 g/mol. The second-order valence-electron chi connectivity index (χ2n) is 7.76. The lowest BCUT2D eigenvalue weighted by atomic mass is 9.78. The first-order valence-corrected chi connectivity index (χ1v) is 11.3. The molecule has 0 aromatic carbocycles. The summed E-state index contributed by atoms with van der Waals surface area (Å²) in [6.07, 6.45) is 5.26. The third-order valence-electron chi connectivity index (χ3n) is 5.82. The number of anilines is 2. The molecule has 0 bridgehead atoms. The number of rotatable bonds is 3. The van der Waals surface area contributed by atoms with Gasteiger partial charge in [0.1, 0.15) is 22.2 Å². The Bertz CT molecular complexity index is 1100. The van der Waals surface area contributed by atoms with Crippen molar-refractivity contribution >= 4 is 57.8 Å². The second kappa shape index (κ2) is 8.00. The van der Waals surface area contributed by atoms with Crippen molar-refractivity contribution in [2.24, 2.45) is 5.41 Å². The number of halogens is 2. The van der Waals surface area contributed by atoms with Gasteiger partial charge in [-0.1, -0.05) is 35.0 Å². The molecule has 2 aliphatic rings. The zero-order valence-corrected chi connectivity index (χ0v) is 18.5. The Morgan fingerprint density at radius 3 is 2.70 bits per heavy atom. The van der Waals surface area contributed by atoms with Crippen LogP contribution in [-0.2, 0) is 4.74 Å². The van der Waals surface area contributed by atoms with E-state index in [2.05, 4.69) is 19.9 Å². The smallest absolute Gasteiger partial charge is 0.179 e. The molecule has 7 nitrogen and oxygen atoms in total. The predicted molar refractivity (Wildman–Crippen MR) is 119 cm³/mol. The summed E-state index contributed by atoms with van der Waals surface area (Å²) in [5.41, 5.74) is 7.50. The van der Waals surface area contributed by atoms with Crippen LogP contribution in [-0.4, -0.2) is 46.2 Å². The summed E-state index contributed by atoms with van der Waals surface area (Å²) in [6.45, 7) is 3.75. The zero-order valence-electron chi connectivity index (χ0n) is 16.1. The molecule has 3 aromatic rings. The highest BCUT2D eigenvalue weighted by Crippen LogP contribution is 2.40. The fraction of sp³-hybridized carbons (Fsp3) is 0.400. The number of piperidine rings is 1. The third-order valence-corrected chi connectivity index (χ3v) is 7.66. The van der Waals surface area contributed by atoms with Crippen LogP contribution in [0.4, 0.5) is 11.6 Å². The summed E-state index contributed by atoms with van der Waals surface area (Å²) >= 11 is 13.6. The van der Waals surface area contributed by atoms with Crippen LogP contribution in [0.25, 0.3) is 11.2 Å². The van der Waals surface area contributed by atoms with E-state index in [1.807, 2.05) is 12.1 Å². The number of fused-ring (bicyclic) bond motifs is 1. The van der Waals surface area contributed by atoms with Crippen LogP contribution in [0, 0.1) is 5.41 Å². The Morgan fingerprint density at radius 1 is 1.10 bits per heavy atom. The number of ether oxygens (including phenoxy) is 1. The number of nitrogens with two attached hydrogens (primary N) is 1. The zero-order chi connectivity index (χ0) is 20.7. The molecule has 5 heterocycles. The van der Waals surface area contributed by atoms with E-state index >= 15 is 0 Å². The molecule has 5 rings (SSSR count). The first-order chi connectivity index (χ1) is 14.5. The largest absolute Gasteiger partial charge is 0.384 e. The fourth-order valence-electron chi connectivity index (χ4n) is 4.02. The number of hydrogen-bond acceptors (Lipinski definition) is 8. The van der Waals surface area contributed by atoms with Gasteiger partial charge in [-0.15, -0.1) is 0 Å². The van der Waals surface area contributed by atoms with E-state index in [0.29, 0.717) is 26.8 Å². The number of pyridine rings is 2. The van der Waals surface area contributed by atoms with Crippen LogP contribution >= 0.6 is 35.0 Å². The highest BCUT2D eigenvalue weighted by Gasteiger charge is 2.38. The van der Waals surface area contributed by atoms with Crippen molar-refractivity contribution in [1.82, 2.24) is 19.9 Å². The van der Waals surface area contributed by atoms with Crippen LogP contribution in [0.1, 0.15) is 19.3 Å². The molecule has 2 N–H and O–H groups in total. The third kappa shape index (κ3) is 3.89. The van der Waals surface area contributed by atoms with Gasteiger partial charge in [0.05, 0.1) is 17.8 Å². The predicted octanol–water partition coefficient (Wildman–Crippen LogP) is 4.47. The molecule has 30 heavy (non-hydrogen) atoms. The molecule has 2 saturated heterocycles. The Morgan fingerprint density at radius 2 is 1.93 bits per heavy atom. The highest BCUT2D eigenvalue weighted by molar-refractivity contribution is 7.99. The van der Waals surface area contributed by atoms with Gasteiger partial charge in [0.25, 0.3) is 0 Å². The molecule has 1 spiro atoms. The molecular weight excluding hydrogens is 443 g/mol. The monoisotopic (exact) mass is 462 g/mol. The Hall–Kier alpha value is -1.87. The van der Waals surface area contributed by atoms with Gasteiger partial charge in [0.15, 0.2) is 10.8 Å². The van der Waals surface area contributed by atoms with E-state index in [4.69, 9.17) is 38.7 Å². The summed E-state index contributed by atoms with van der Waals surface area (Å²) in [7, 11) is 0. The van der Waals surface area contributed by atoms with Crippen molar-refractivity contribution in [3.05, 3.63) is 34.6 Å². The van der Waals surface area contributed by atoms with Gasteiger partial charge in [-0.2, -0.15) is 0 Å². The lowest BCUT2D eigenvalue weighted by Crippen LogP contribution is -2.40. The Balaban J connectivity index is 1.34. The van der Waals surface area contributed by atoms with Gasteiger partial charge in [0.2, 0.25) is 0 Å². The summed E-state index contributed by atoms with van der Waals surface area (Å²) in [6, 6.07) is 5.50. The van der Waals surface area contributed by atoms with Crippen molar-refractivity contribution in [2.45, 2.75) is 29.2 Å². The molecular formula is C20H20Cl2N6OS. The first kappa shape index (κ1) is 20.1. The van der Waals surface area contributed by atoms with Crippen molar-refractivity contribution in [3.8, 4) is 0 Å². The van der Waals surface area contributed by atoms with Crippen molar-refractivity contribution in [2.75, 3.05) is 36.9 Å². The summed E-state index contributed by atoms with van der Waals surface area (Å²) in [5, 5.41) is 1.26. The molecule has 2 fully saturated rings. The highest BCUT2D eigenvalue weighted by atomic mass is 35.5. The van der Waals surface area contributed by atoms with E-state index in [-0.39, 0.29) is 5.15 Å². The minimum atomic E-state index is 0.178. The van der Waals surface area contributed by atoms with Crippen LogP contribution in [0.2, 0.25) is 10.2 Å². The van der Waals surface area contributed by atoms with E-state index < -0.39 is 0 Å². The molecule has 0 atom stereocenters. The first-order valence-electron chi connectivity index (χ1n) is 9.77. The Labute approximate surface area is 188 Å². The van der Waals surface area contributed by atoms with Crippen molar-refractivity contribution in [3.63, 3.8) is 0 Å². The van der Waals surface area contributed by atoms with E-state index in [1.54, 1.807) is 12.3 Å². The van der Waals surface area contributed by atoms with Crippen LogP contribution < -0.4 is 10.6 Å². The number of nitrogens with zero attached hydrogens (tertiary/aromatic N) is 5. The van der Waals surface area contributed by atoms with Crippen molar-refractivity contribution in [1.29, 1.82) is 0 Å². The number of hydrogen-bond donors (Lipinski definition) is 1. The molecule has 0 aliphatic carbocycles. The van der Waals surface area contributed by atoms with Crippen LogP contribution in [0.3, 0.4) is 0 Å². The molecule has 0 saturated carbocycles. The maximum Gasteiger partial charge on any atom is 0.179 e. The number of aromatic nitrogens is 4. The normalized spacial score (nSPS) is 18.4. The van der Waals surface area contributed by atoms with Gasteiger partial charge in [0, 0.05) is 24.6 Å². The van der Waals surface area contributed by atoms with Gasteiger partial charge in [-0.3, -0.25) is 0 Å². The quantitative estimate of drug-likeness (QED) is 0.570. The summed E-state index contributed by atoms with van der Waals surface area (Å²) in [4.78, 5) is 20.9. The van der Waals surface area contributed by atoms with Gasteiger partial charge in [-0.25, -0.2) is 19.9 Å². The minimum absolute atomic E-state index is 0.178. The van der Waals surface area contributed by atoms with E-state index in [9.17, 15) is 0 Å². The lowest BCUT2D eigenvalue weighted by molar-refractivity contribution is 0.133. The molecule has 3 aromatic heterocycles. The topological polar surface area (TPSA) is 90.0 Å². The van der Waals surface area contributed by atoms with Gasteiger partial charge in [-0.05, 0) is 42.9 Å². The fourth-order valence-corrected chi connectivity index (χ4v) is 5.35. The van der Waals surface area contributed by atoms with Gasteiger partial charge < -0.3 is 15.4 Å². The molecule has 2 aliphatic heterocycles. The Kier molecular flexibility index (Phi) is 5.35. The molecule has 0 amide bonds. The molecule has 0 unspecified atom stereocenters. The van der Waals surface area contributed by atoms with E-state index in [1.165, 1.54) is 18.2 Å².